The predicted molar refractivity (Wildman–Crippen MR) is 106 cm³/mol. The topological polar surface area (TPSA) is 78.8 Å². The van der Waals surface area contributed by atoms with E-state index in [0.29, 0.717) is 35.1 Å². The molecule has 0 bridgehead atoms. The minimum Gasteiger partial charge on any atom is -0.335 e. The summed E-state index contributed by atoms with van der Waals surface area (Å²) in [5.41, 5.74) is 1.56. The molecule has 1 unspecified atom stereocenters. The first-order valence-electron chi connectivity index (χ1n) is 8.93. The average Bonchev–Trinajstić information content (AvgIpc) is 3.26. The molecular weight excluding hydrogens is 402 g/mol. The lowest BCUT2D eigenvalue weighted by atomic mass is 10.0. The second-order valence-electron chi connectivity index (χ2n) is 7.12. The lowest BCUT2D eigenvalue weighted by Crippen LogP contribution is -2.40. The van der Waals surface area contributed by atoms with E-state index < -0.39 is 6.04 Å². The molecular formula is C18H20ClN5O3S. The van der Waals surface area contributed by atoms with E-state index in [1.807, 2.05) is 0 Å². The van der Waals surface area contributed by atoms with Crippen molar-refractivity contribution in [1.29, 1.82) is 0 Å². The average molecular weight is 422 g/mol. The van der Waals surface area contributed by atoms with Crippen LogP contribution < -0.4 is 4.90 Å². The highest BCUT2D eigenvalue weighted by Crippen LogP contribution is 2.41. The van der Waals surface area contributed by atoms with E-state index in [-0.39, 0.29) is 24.3 Å². The molecule has 8 nitrogen and oxygen atoms in total. The van der Waals surface area contributed by atoms with Crippen molar-refractivity contribution in [2.45, 2.75) is 25.9 Å². The standard InChI is InChI=1S/C18H20ClN5O3S/c1-10(24-7-11(19)6-20-24)16(26)23-5-4-12-13(8-23)28-18-15(12)17(27)21(2)9-14(25)22(18)3/h6-7,10H,4-5,8-9H2,1-3H3. The van der Waals surface area contributed by atoms with Gasteiger partial charge in [0.15, 0.2) is 0 Å². The maximum atomic E-state index is 12.9. The second kappa shape index (κ2) is 6.89. The minimum absolute atomic E-state index is 0.0538. The molecule has 0 aliphatic carbocycles. The van der Waals surface area contributed by atoms with Gasteiger partial charge in [0.1, 0.15) is 17.6 Å². The Morgan fingerprint density at radius 1 is 1.29 bits per heavy atom. The van der Waals surface area contributed by atoms with Gasteiger partial charge in [-0.3, -0.25) is 19.1 Å². The summed E-state index contributed by atoms with van der Waals surface area (Å²) in [7, 11) is 3.34. The summed E-state index contributed by atoms with van der Waals surface area (Å²) < 4.78 is 1.55. The van der Waals surface area contributed by atoms with Gasteiger partial charge in [-0.2, -0.15) is 5.10 Å². The first-order valence-corrected chi connectivity index (χ1v) is 10.1. The Balaban J connectivity index is 1.63. The summed E-state index contributed by atoms with van der Waals surface area (Å²) in [4.78, 5) is 43.8. The Kier molecular flexibility index (Phi) is 4.67. The van der Waals surface area contributed by atoms with Gasteiger partial charge in [0.05, 0.1) is 23.3 Å². The van der Waals surface area contributed by atoms with Crippen LogP contribution >= 0.6 is 22.9 Å². The van der Waals surface area contributed by atoms with Gasteiger partial charge >= 0.3 is 0 Å². The van der Waals surface area contributed by atoms with E-state index in [1.54, 1.807) is 41.7 Å². The molecule has 2 aromatic heterocycles. The lowest BCUT2D eigenvalue weighted by molar-refractivity contribution is -0.135. The van der Waals surface area contributed by atoms with Gasteiger partial charge in [-0.25, -0.2) is 0 Å². The van der Waals surface area contributed by atoms with Crippen molar-refractivity contribution in [3.8, 4) is 0 Å². The number of likely N-dealkylation sites (N-methyl/N-ethyl adjacent to an activating group) is 2. The van der Waals surface area contributed by atoms with E-state index in [2.05, 4.69) is 5.10 Å². The fourth-order valence-corrected chi connectivity index (χ4v) is 5.10. The van der Waals surface area contributed by atoms with Crippen LogP contribution in [0.1, 0.15) is 33.8 Å². The van der Waals surface area contributed by atoms with Crippen molar-refractivity contribution in [2.75, 3.05) is 32.1 Å². The van der Waals surface area contributed by atoms with Gasteiger partial charge in [0.25, 0.3) is 5.91 Å². The van der Waals surface area contributed by atoms with Crippen LogP contribution in [0.15, 0.2) is 12.4 Å². The first kappa shape index (κ1) is 18.9. The summed E-state index contributed by atoms with van der Waals surface area (Å²) in [6, 6.07) is -0.469. The Morgan fingerprint density at radius 2 is 2.04 bits per heavy atom. The molecule has 4 rings (SSSR count). The number of thiophene rings is 1. The molecule has 3 amide bonds. The molecule has 2 aliphatic rings. The highest BCUT2D eigenvalue weighted by molar-refractivity contribution is 7.17. The van der Waals surface area contributed by atoms with Crippen LogP contribution in [0.4, 0.5) is 5.00 Å². The minimum atomic E-state index is -0.469. The van der Waals surface area contributed by atoms with Crippen molar-refractivity contribution in [3.05, 3.63) is 33.4 Å². The van der Waals surface area contributed by atoms with E-state index in [9.17, 15) is 14.4 Å². The molecule has 10 heteroatoms. The van der Waals surface area contributed by atoms with Gasteiger partial charge in [-0.15, -0.1) is 11.3 Å². The molecule has 4 heterocycles. The lowest BCUT2D eigenvalue weighted by Gasteiger charge is -2.29. The zero-order valence-electron chi connectivity index (χ0n) is 15.8. The Labute approximate surface area is 171 Å². The van der Waals surface area contributed by atoms with E-state index in [1.165, 1.54) is 22.4 Å². The fourth-order valence-electron chi connectivity index (χ4n) is 3.62. The molecule has 0 saturated heterocycles. The van der Waals surface area contributed by atoms with Crippen LogP contribution in [-0.4, -0.2) is 64.5 Å². The number of nitrogens with zero attached hydrogens (tertiary/aromatic N) is 5. The number of carbonyl (C=O) groups excluding carboxylic acids is 3. The van der Waals surface area contributed by atoms with E-state index in [4.69, 9.17) is 11.6 Å². The Morgan fingerprint density at radius 3 is 2.71 bits per heavy atom. The molecule has 0 saturated carbocycles. The first-order chi connectivity index (χ1) is 13.3. The maximum Gasteiger partial charge on any atom is 0.257 e. The quantitative estimate of drug-likeness (QED) is 0.740. The number of hydrogen-bond acceptors (Lipinski definition) is 5. The zero-order chi connectivity index (χ0) is 20.2. The third-order valence-corrected chi connectivity index (χ3v) is 6.77. The molecule has 28 heavy (non-hydrogen) atoms. The molecule has 0 fully saturated rings. The van der Waals surface area contributed by atoms with Gasteiger partial charge in [0, 0.05) is 31.7 Å². The predicted octanol–water partition coefficient (Wildman–Crippen LogP) is 1.79. The van der Waals surface area contributed by atoms with Crippen molar-refractivity contribution in [2.24, 2.45) is 0 Å². The number of carbonyl (C=O) groups is 3. The van der Waals surface area contributed by atoms with Gasteiger partial charge in [0.2, 0.25) is 11.8 Å². The van der Waals surface area contributed by atoms with Crippen LogP contribution in [-0.2, 0) is 22.6 Å². The van der Waals surface area contributed by atoms with Gasteiger partial charge in [-0.05, 0) is 18.9 Å². The van der Waals surface area contributed by atoms with Crippen molar-refractivity contribution in [1.82, 2.24) is 19.6 Å². The molecule has 0 aromatic carbocycles. The zero-order valence-corrected chi connectivity index (χ0v) is 17.4. The smallest absolute Gasteiger partial charge is 0.257 e. The Hall–Kier alpha value is -2.39. The number of anilines is 1. The third kappa shape index (κ3) is 2.98. The largest absolute Gasteiger partial charge is 0.335 e. The van der Waals surface area contributed by atoms with Gasteiger partial charge < -0.3 is 14.7 Å². The third-order valence-electron chi connectivity index (χ3n) is 5.29. The summed E-state index contributed by atoms with van der Waals surface area (Å²) >= 11 is 7.33. The van der Waals surface area contributed by atoms with Crippen molar-refractivity contribution in [3.63, 3.8) is 0 Å². The number of halogens is 1. The fraction of sp³-hybridized carbons (Fsp3) is 0.444. The molecule has 2 aliphatic heterocycles. The number of aromatic nitrogens is 2. The number of amides is 3. The summed E-state index contributed by atoms with van der Waals surface area (Å²) in [5, 5.41) is 5.28. The van der Waals surface area contributed by atoms with Crippen molar-refractivity contribution < 1.29 is 14.4 Å². The molecule has 148 valence electrons. The summed E-state index contributed by atoms with van der Waals surface area (Å²) in [6.45, 7) is 2.79. The second-order valence-corrected chi connectivity index (χ2v) is 8.64. The highest BCUT2D eigenvalue weighted by atomic mass is 35.5. The summed E-state index contributed by atoms with van der Waals surface area (Å²) in [6.07, 6.45) is 3.72. The van der Waals surface area contributed by atoms with Crippen LogP contribution in [0.3, 0.4) is 0 Å². The normalized spacial score (nSPS) is 18.1. The van der Waals surface area contributed by atoms with E-state index >= 15 is 0 Å². The Bertz CT molecular complexity index is 984. The van der Waals surface area contributed by atoms with Crippen LogP contribution in [0.2, 0.25) is 5.02 Å². The van der Waals surface area contributed by atoms with Crippen LogP contribution in [0.25, 0.3) is 0 Å². The number of rotatable bonds is 2. The molecule has 2 aromatic rings. The van der Waals surface area contributed by atoms with Crippen LogP contribution in [0.5, 0.6) is 0 Å². The monoisotopic (exact) mass is 421 g/mol. The molecule has 0 radical (unpaired) electrons. The van der Waals surface area contributed by atoms with Crippen molar-refractivity contribution >= 4 is 45.7 Å². The highest BCUT2D eigenvalue weighted by Gasteiger charge is 2.36. The maximum absolute atomic E-state index is 12.9. The van der Waals surface area contributed by atoms with Gasteiger partial charge in [-0.1, -0.05) is 11.6 Å². The number of hydrogen-bond donors (Lipinski definition) is 0. The number of fused-ring (bicyclic) bond motifs is 3. The SMILES string of the molecule is CC(C(=O)N1CCc2c(sc3c2C(=O)N(C)CC(=O)N3C)C1)n1cc(Cl)cn1. The van der Waals surface area contributed by atoms with E-state index in [0.717, 1.165) is 10.4 Å². The molecule has 0 N–H and O–H groups in total. The molecule has 1 atom stereocenters. The molecule has 0 spiro atoms. The van der Waals surface area contributed by atoms with Crippen LogP contribution in [0, 0.1) is 0 Å². The summed E-state index contributed by atoms with van der Waals surface area (Å²) in [5.74, 6) is -0.309.